The highest BCUT2D eigenvalue weighted by Crippen LogP contribution is 2.76. The average Bonchev–Trinajstić information content (AvgIpc) is 3.42. The fourth-order valence-electron chi connectivity index (χ4n) is 13.8. The second-order valence-corrected chi connectivity index (χ2v) is 20.3. The highest BCUT2D eigenvalue weighted by molar-refractivity contribution is 5.73. The third kappa shape index (κ3) is 6.02. The van der Waals surface area contributed by atoms with Crippen molar-refractivity contribution in [3.05, 3.63) is 11.6 Å². The van der Waals surface area contributed by atoms with E-state index in [4.69, 9.17) is 18.9 Å². The number of aliphatic hydroxyl groups excluding tert-OH is 10. The molecular formula is C41H66O16. The van der Waals surface area contributed by atoms with Gasteiger partial charge in [0.1, 0.15) is 36.6 Å². The number of allylic oxidation sites excluding steroid dienone is 1. The maximum absolute atomic E-state index is 12.3. The van der Waals surface area contributed by atoms with Gasteiger partial charge in [-0.2, -0.15) is 0 Å². The molecule has 7 rings (SSSR count). The SMILES string of the molecule is CC1(C)C[C@H]2[C@H]3CC[C@@H]4[C@@]5(C)CCC(O[C@@H]6O[C@H](C(=O)O)[C@H](O)[C@H](O[C@H]7O[C@@H](CO)[C@H](O)[C@H]7O)[C@H]6O)[C@](C)(CO)C5=CC[C@@]4(C)[C@]3(C)C[C@@H](O)[C@@]2(CO)[C@@H](O)[C@@H]1O. The monoisotopic (exact) mass is 814 g/mol. The van der Waals surface area contributed by atoms with Gasteiger partial charge in [0.2, 0.25) is 0 Å². The van der Waals surface area contributed by atoms with Crippen molar-refractivity contribution >= 4 is 5.97 Å². The number of ether oxygens (including phenoxy) is 4. The first-order valence-electron chi connectivity index (χ1n) is 20.7. The maximum atomic E-state index is 12.3. The topological polar surface area (TPSA) is 277 Å². The average molecular weight is 815 g/mol. The molecule has 0 aromatic rings. The molecule has 2 saturated heterocycles. The molecule has 21 atom stereocenters. The fraction of sp³-hybridized carbons (Fsp3) is 0.927. The molecule has 0 amide bonds. The van der Waals surface area contributed by atoms with E-state index in [0.29, 0.717) is 32.1 Å². The number of hydrogen-bond acceptors (Lipinski definition) is 15. The number of carboxylic acids is 1. The lowest BCUT2D eigenvalue weighted by atomic mass is 9.32. The minimum absolute atomic E-state index is 0.0457. The van der Waals surface area contributed by atoms with E-state index in [1.165, 1.54) is 0 Å². The number of fused-ring (bicyclic) bond motifs is 7. The summed E-state index contributed by atoms with van der Waals surface area (Å²) in [5, 5.41) is 120. The van der Waals surface area contributed by atoms with E-state index in [1.54, 1.807) is 0 Å². The molecule has 6 fully saturated rings. The van der Waals surface area contributed by atoms with Crippen LogP contribution < -0.4 is 0 Å². The van der Waals surface area contributed by atoms with Crippen LogP contribution in [-0.2, 0) is 23.7 Å². The van der Waals surface area contributed by atoms with Crippen molar-refractivity contribution in [3.8, 4) is 0 Å². The Kier molecular flexibility index (Phi) is 11.2. The molecule has 326 valence electrons. The Hall–Kier alpha value is -1.35. The summed E-state index contributed by atoms with van der Waals surface area (Å²) in [7, 11) is 0. The van der Waals surface area contributed by atoms with Gasteiger partial charge in [0, 0.05) is 5.41 Å². The third-order valence-corrected chi connectivity index (χ3v) is 17.3. The van der Waals surface area contributed by atoms with Crippen molar-refractivity contribution < 1.29 is 79.9 Å². The van der Waals surface area contributed by atoms with Crippen LogP contribution in [0, 0.1) is 50.2 Å². The molecular weight excluding hydrogens is 748 g/mol. The smallest absolute Gasteiger partial charge is 0.335 e. The molecule has 2 heterocycles. The van der Waals surface area contributed by atoms with E-state index >= 15 is 0 Å². The van der Waals surface area contributed by atoms with Gasteiger partial charge < -0.3 is 75.1 Å². The molecule has 7 aliphatic rings. The van der Waals surface area contributed by atoms with Crippen molar-refractivity contribution in [2.75, 3.05) is 19.8 Å². The van der Waals surface area contributed by atoms with Gasteiger partial charge in [-0.3, -0.25) is 0 Å². The first-order chi connectivity index (χ1) is 26.5. The summed E-state index contributed by atoms with van der Waals surface area (Å²) in [6.07, 6.45) is -13.1. The van der Waals surface area contributed by atoms with Gasteiger partial charge in [-0.1, -0.05) is 53.2 Å². The van der Waals surface area contributed by atoms with Gasteiger partial charge in [0.25, 0.3) is 0 Å². The number of aliphatic carboxylic acids is 1. The Labute approximate surface area is 333 Å². The maximum Gasteiger partial charge on any atom is 0.335 e. The van der Waals surface area contributed by atoms with Crippen molar-refractivity contribution in [2.24, 2.45) is 50.2 Å². The highest BCUT2D eigenvalue weighted by atomic mass is 16.7. The largest absolute Gasteiger partial charge is 0.479 e. The molecule has 5 aliphatic carbocycles. The Balaban J connectivity index is 1.17. The van der Waals surface area contributed by atoms with Gasteiger partial charge in [0.05, 0.1) is 49.7 Å². The van der Waals surface area contributed by atoms with Gasteiger partial charge in [-0.15, -0.1) is 0 Å². The van der Waals surface area contributed by atoms with E-state index in [2.05, 4.69) is 26.8 Å². The van der Waals surface area contributed by atoms with E-state index in [1.807, 2.05) is 20.8 Å². The first-order valence-corrected chi connectivity index (χ1v) is 20.7. The van der Waals surface area contributed by atoms with Crippen molar-refractivity contribution in [3.63, 3.8) is 0 Å². The summed E-state index contributed by atoms with van der Waals surface area (Å²) in [6, 6.07) is 0. The standard InChI is InChI=1S/C41H66O16/c1-36(2)13-19-18-7-8-22-37(3)11-10-24(55-35-28(49)29(27(48)30(57-35)33(52)53)56-34-26(47)25(46)20(15-42)54-34)38(4,16-43)21(37)9-12-39(22,5)40(18,6)14-23(45)41(19,17-44)32(51)31(36)50/h9,18-20,22-32,34-35,42-51H,7-8,10-17H2,1-6H3,(H,52,53)/t18-,19+,20+,22-,23-,24?,25+,26-,27-,28-,29+,30+,31+,32+,34-,35-,37+,38-,39-,40-,41+/m1/s1. The van der Waals surface area contributed by atoms with Crippen molar-refractivity contribution in [1.29, 1.82) is 0 Å². The fourth-order valence-corrected chi connectivity index (χ4v) is 13.8. The molecule has 0 bridgehead atoms. The van der Waals surface area contributed by atoms with Gasteiger partial charge in [-0.25, -0.2) is 4.79 Å². The number of rotatable bonds is 8. The minimum atomic E-state index is -1.94. The van der Waals surface area contributed by atoms with Crippen LogP contribution in [0.15, 0.2) is 11.6 Å². The van der Waals surface area contributed by atoms with Crippen LogP contribution in [0.25, 0.3) is 0 Å². The molecule has 0 spiro atoms. The lowest BCUT2D eigenvalue weighted by molar-refractivity contribution is -0.339. The van der Waals surface area contributed by atoms with E-state index in [-0.39, 0.29) is 29.8 Å². The molecule has 11 N–H and O–H groups in total. The number of aliphatic hydroxyl groups is 10. The molecule has 57 heavy (non-hydrogen) atoms. The van der Waals surface area contributed by atoms with E-state index in [0.717, 1.165) is 18.4 Å². The molecule has 2 aliphatic heterocycles. The van der Waals surface area contributed by atoms with Crippen LogP contribution in [0.3, 0.4) is 0 Å². The van der Waals surface area contributed by atoms with Crippen molar-refractivity contribution in [2.45, 2.75) is 166 Å². The second-order valence-electron chi connectivity index (χ2n) is 20.3. The van der Waals surface area contributed by atoms with E-state index < -0.39 is 126 Å². The predicted molar refractivity (Wildman–Crippen MR) is 198 cm³/mol. The first kappa shape index (κ1) is 43.7. The van der Waals surface area contributed by atoms with Crippen LogP contribution in [0.5, 0.6) is 0 Å². The van der Waals surface area contributed by atoms with Crippen LogP contribution in [0.4, 0.5) is 0 Å². The lowest BCUT2D eigenvalue weighted by Gasteiger charge is -2.73. The Morgan fingerprint density at radius 1 is 0.754 bits per heavy atom. The molecule has 0 aromatic heterocycles. The quantitative estimate of drug-likeness (QED) is 0.137. The van der Waals surface area contributed by atoms with Crippen LogP contribution in [0.1, 0.15) is 86.5 Å². The van der Waals surface area contributed by atoms with Crippen LogP contribution in [0.2, 0.25) is 0 Å². The molecule has 1 unspecified atom stereocenters. The zero-order chi connectivity index (χ0) is 42.0. The zero-order valence-electron chi connectivity index (χ0n) is 33.8. The summed E-state index contributed by atoms with van der Waals surface area (Å²) < 4.78 is 23.2. The van der Waals surface area contributed by atoms with Crippen molar-refractivity contribution in [1.82, 2.24) is 0 Å². The molecule has 16 nitrogen and oxygen atoms in total. The Morgan fingerprint density at radius 2 is 1.42 bits per heavy atom. The zero-order valence-corrected chi connectivity index (χ0v) is 33.8. The lowest BCUT2D eigenvalue weighted by Crippen LogP contribution is -2.73. The Bertz CT molecular complexity index is 1560. The highest BCUT2D eigenvalue weighted by Gasteiger charge is 2.73. The summed E-state index contributed by atoms with van der Waals surface area (Å²) >= 11 is 0. The summed E-state index contributed by atoms with van der Waals surface area (Å²) in [5.41, 5.74) is -3.16. The number of carboxylic acid groups (broad SMARTS) is 1. The number of carbonyl (C=O) groups is 1. The van der Waals surface area contributed by atoms with Gasteiger partial charge in [0.15, 0.2) is 18.7 Å². The molecule has 0 aromatic carbocycles. The molecule has 4 saturated carbocycles. The summed E-state index contributed by atoms with van der Waals surface area (Å²) in [5.74, 6) is -1.66. The van der Waals surface area contributed by atoms with Gasteiger partial charge in [-0.05, 0) is 84.4 Å². The van der Waals surface area contributed by atoms with Crippen LogP contribution >= 0.6 is 0 Å². The second kappa shape index (κ2) is 14.6. The molecule has 16 heteroatoms. The molecule has 0 radical (unpaired) electrons. The van der Waals surface area contributed by atoms with E-state index in [9.17, 15) is 61.0 Å². The minimum Gasteiger partial charge on any atom is -0.479 e. The predicted octanol–water partition coefficient (Wildman–Crippen LogP) is -0.594. The Morgan fingerprint density at radius 3 is 2.02 bits per heavy atom. The normalized spacial score (nSPS) is 55.8. The summed E-state index contributed by atoms with van der Waals surface area (Å²) in [4.78, 5) is 12.3. The number of hydrogen-bond donors (Lipinski definition) is 11. The third-order valence-electron chi connectivity index (χ3n) is 17.3. The van der Waals surface area contributed by atoms with Gasteiger partial charge >= 0.3 is 5.97 Å². The summed E-state index contributed by atoms with van der Waals surface area (Å²) in [6.45, 7) is 11.0. The van der Waals surface area contributed by atoms with Crippen LogP contribution in [-0.4, -0.2) is 162 Å².